The van der Waals surface area contributed by atoms with Gasteiger partial charge in [-0.15, -0.1) is 0 Å². The van der Waals surface area contributed by atoms with E-state index in [1.807, 2.05) is 20.8 Å². The molecule has 0 aromatic carbocycles. The second-order valence-electron chi connectivity index (χ2n) is 4.09. The SMILES string of the molecule is CC(O)CC(C)NC(=O)CNC(C)C. The van der Waals surface area contributed by atoms with E-state index < -0.39 is 0 Å². The Morgan fingerprint density at radius 2 is 1.86 bits per heavy atom. The average Bonchev–Trinajstić information content (AvgIpc) is 1.98. The lowest BCUT2D eigenvalue weighted by Crippen LogP contribution is -2.41. The van der Waals surface area contributed by atoms with E-state index in [9.17, 15) is 4.79 Å². The molecule has 0 saturated carbocycles. The number of hydrogen-bond acceptors (Lipinski definition) is 3. The lowest BCUT2D eigenvalue weighted by Gasteiger charge is -2.16. The molecular formula is C10H22N2O2. The fourth-order valence-corrected chi connectivity index (χ4v) is 1.19. The highest BCUT2D eigenvalue weighted by atomic mass is 16.3. The normalized spacial score (nSPS) is 15.3. The van der Waals surface area contributed by atoms with Gasteiger partial charge in [0, 0.05) is 12.1 Å². The third-order valence-corrected chi connectivity index (χ3v) is 1.77. The van der Waals surface area contributed by atoms with Gasteiger partial charge in [0.1, 0.15) is 0 Å². The molecule has 0 aliphatic carbocycles. The van der Waals surface area contributed by atoms with E-state index in [4.69, 9.17) is 5.11 Å². The van der Waals surface area contributed by atoms with Gasteiger partial charge in [-0.25, -0.2) is 0 Å². The van der Waals surface area contributed by atoms with Gasteiger partial charge in [-0.3, -0.25) is 4.79 Å². The molecule has 4 nitrogen and oxygen atoms in total. The zero-order chi connectivity index (χ0) is 11.1. The van der Waals surface area contributed by atoms with Crippen LogP contribution >= 0.6 is 0 Å². The molecule has 14 heavy (non-hydrogen) atoms. The predicted octanol–water partition coefficient (Wildman–Crippen LogP) is 0.260. The molecule has 0 aromatic heterocycles. The molecule has 1 amide bonds. The minimum Gasteiger partial charge on any atom is -0.393 e. The minimum absolute atomic E-state index is 0.0214. The summed E-state index contributed by atoms with van der Waals surface area (Å²) in [6, 6.07) is 0.337. The third kappa shape index (κ3) is 8.01. The smallest absolute Gasteiger partial charge is 0.234 e. The second kappa shape index (κ2) is 6.79. The molecule has 2 unspecified atom stereocenters. The number of nitrogens with one attached hydrogen (secondary N) is 2. The number of aliphatic hydroxyl groups is 1. The first-order valence-corrected chi connectivity index (χ1v) is 5.12. The summed E-state index contributed by atoms with van der Waals surface area (Å²) < 4.78 is 0. The van der Waals surface area contributed by atoms with Crippen molar-refractivity contribution in [3.63, 3.8) is 0 Å². The molecule has 0 bridgehead atoms. The number of carbonyl (C=O) groups excluding carboxylic acids is 1. The average molecular weight is 202 g/mol. The maximum Gasteiger partial charge on any atom is 0.234 e. The maximum atomic E-state index is 11.3. The number of carbonyl (C=O) groups is 1. The van der Waals surface area contributed by atoms with Crippen molar-refractivity contribution in [1.29, 1.82) is 0 Å². The van der Waals surface area contributed by atoms with E-state index in [0.29, 0.717) is 19.0 Å². The molecule has 3 N–H and O–H groups in total. The molecule has 0 heterocycles. The molecule has 0 spiro atoms. The molecule has 4 heteroatoms. The summed E-state index contributed by atoms with van der Waals surface area (Å²) in [5.41, 5.74) is 0. The fourth-order valence-electron chi connectivity index (χ4n) is 1.19. The molecule has 84 valence electrons. The molecular weight excluding hydrogens is 180 g/mol. The van der Waals surface area contributed by atoms with Crippen LogP contribution in [0.4, 0.5) is 0 Å². The molecule has 0 fully saturated rings. The van der Waals surface area contributed by atoms with Gasteiger partial charge >= 0.3 is 0 Å². The van der Waals surface area contributed by atoms with Crippen LogP contribution in [0.5, 0.6) is 0 Å². The van der Waals surface area contributed by atoms with Crippen molar-refractivity contribution in [2.24, 2.45) is 0 Å². The summed E-state index contributed by atoms with van der Waals surface area (Å²) in [7, 11) is 0. The summed E-state index contributed by atoms with van der Waals surface area (Å²) >= 11 is 0. The first kappa shape index (κ1) is 13.4. The van der Waals surface area contributed by atoms with Crippen LogP contribution < -0.4 is 10.6 Å². The molecule has 0 radical (unpaired) electrons. The van der Waals surface area contributed by atoms with Gasteiger partial charge in [0.15, 0.2) is 0 Å². The molecule has 0 aromatic rings. The van der Waals surface area contributed by atoms with E-state index in [-0.39, 0.29) is 18.1 Å². The number of amides is 1. The largest absolute Gasteiger partial charge is 0.393 e. The Kier molecular flexibility index (Phi) is 6.49. The van der Waals surface area contributed by atoms with Crippen molar-refractivity contribution < 1.29 is 9.90 Å². The molecule has 0 rings (SSSR count). The molecule has 0 aliphatic rings. The van der Waals surface area contributed by atoms with Gasteiger partial charge in [-0.1, -0.05) is 13.8 Å². The van der Waals surface area contributed by atoms with Gasteiger partial charge in [0.25, 0.3) is 0 Å². The minimum atomic E-state index is -0.372. The lowest BCUT2D eigenvalue weighted by atomic mass is 10.1. The predicted molar refractivity (Wildman–Crippen MR) is 57.0 cm³/mol. The van der Waals surface area contributed by atoms with Crippen molar-refractivity contribution in [1.82, 2.24) is 10.6 Å². The van der Waals surface area contributed by atoms with Crippen molar-refractivity contribution in [2.75, 3.05) is 6.54 Å². The monoisotopic (exact) mass is 202 g/mol. The molecule has 0 saturated heterocycles. The van der Waals surface area contributed by atoms with Crippen LogP contribution in [0.25, 0.3) is 0 Å². The first-order valence-electron chi connectivity index (χ1n) is 5.12. The van der Waals surface area contributed by atoms with Crippen LogP contribution in [0.2, 0.25) is 0 Å². The van der Waals surface area contributed by atoms with Crippen molar-refractivity contribution in [3.8, 4) is 0 Å². The number of rotatable bonds is 6. The van der Waals surface area contributed by atoms with Crippen LogP contribution in [0.3, 0.4) is 0 Å². The van der Waals surface area contributed by atoms with E-state index in [0.717, 1.165) is 0 Å². The van der Waals surface area contributed by atoms with Crippen LogP contribution in [-0.2, 0) is 4.79 Å². The van der Waals surface area contributed by atoms with E-state index in [2.05, 4.69) is 10.6 Å². The zero-order valence-corrected chi connectivity index (χ0v) is 9.50. The quantitative estimate of drug-likeness (QED) is 0.579. The van der Waals surface area contributed by atoms with Gasteiger partial charge in [0.05, 0.1) is 12.6 Å². The Labute approximate surface area is 86.1 Å². The Balaban J connectivity index is 3.60. The Bertz CT molecular complexity index is 170. The van der Waals surface area contributed by atoms with Crippen molar-refractivity contribution in [2.45, 2.75) is 52.3 Å². The van der Waals surface area contributed by atoms with E-state index >= 15 is 0 Å². The topological polar surface area (TPSA) is 61.4 Å². The van der Waals surface area contributed by atoms with Crippen molar-refractivity contribution in [3.05, 3.63) is 0 Å². The van der Waals surface area contributed by atoms with Crippen molar-refractivity contribution >= 4 is 5.91 Å². The summed E-state index contributed by atoms with van der Waals surface area (Å²) in [6.45, 7) is 7.93. The van der Waals surface area contributed by atoms with E-state index in [1.54, 1.807) is 6.92 Å². The summed E-state index contributed by atoms with van der Waals surface area (Å²) in [5.74, 6) is -0.0214. The summed E-state index contributed by atoms with van der Waals surface area (Å²) in [4.78, 5) is 11.3. The standard InChI is InChI=1S/C10H22N2O2/c1-7(2)11-6-10(14)12-8(3)5-9(4)13/h7-9,11,13H,5-6H2,1-4H3,(H,12,14). The molecule has 0 aliphatic heterocycles. The van der Waals surface area contributed by atoms with Crippen LogP contribution in [0.1, 0.15) is 34.1 Å². The lowest BCUT2D eigenvalue weighted by molar-refractivity contribution is -0.121. The fraction of sp³-hybridized carbons (Fsp3) is 0.900. The van der Waals surface area contributed by atoms with Gasteiger partial charge in [-0.2, -0.15) is 0 Å². The van der Waals surface area contributed by atoms with Crippen LogP contribution in [-0.4, -0.2) is 35.7 Å². The highest BCUT2D eigenvalue weighted by molar-refractivity contribution is 5.78. The van der Waals surface area contributed by atoms with Crippen LogP contribution in [0, 0.1) is 0 Å². The summed E-state index contributed by atoms with van der Waals surface area (Å²) in [6.07, 6.45) is 0.219. The Morgan fingerprint density at radius 1 is 1.29 bits per heavy atom. The highest BCUT2D eigenvalue weighted by Gasteiger charge is 2.09. The van der Waals surface area contributed by atoms with Crippen LogP contribution in [0.15, 0.2) is 0 Å². The number of aliphatic hydroxyl groups excluding tert-OH is 1. The highest BCUT2D eigenvalue weighted by Crippen LogP contribution is 1.95. The van der Waals surface area contributed by atoms with E-state index in [1.165, 1.54) is 0 Å². The van der Waals surface area contributed by atoms with Gasteiger partial charge in [0.2, 0.25) is 5.91 Å². The van der Waals surface area contributed by atoms with Gasteiger partial charge < -0.3 is 15.7 Å². The maximum absolute atomic E-state index is 11.3. The second-order valence-corrected chi connectivity index (χ2v) is 4.09. The Hall–Kier alpha value is -0.610. The Morgan fingerprint density at radius 3 is 2.29 bits per heavy atom. The third-order valence-electron chi connectivity index (χ3n) is 1.77. The zero-order valence-electron chi connectivity index (χ0n) is 9.50. The number of hydrogen-bond donors (Lipinski definition) is 3. The first-order chi connectivity index (χ1) is 6.41. The summed E-state index contributed by atoms with van der Waals surface area (Å²) in [5, 5.41) is 14.9. The van der Waals surface area contributed by atoms with Gasteiger partial charge in [-0.05, 0) is 20.3 Å². The molecule has 2 atom stereocenters.